The van der Waals surface area contributed by atoms with Gasteiger partial charge in [0.05, 0.1) is 0 Å². The zero-order valence-electron chi connectivity index (χ0n) is 8.50. The number of halogens is 1. The number of hydrogen-bond donors (Lipinski definition) is 1. The monoisotopic (exact) mass is 267 g/mol. The van der Waals surface area contributed by atoms with Crippen LogP contribution >= 0.6 is 15.9 Å². The molecule has 0 radical (unpaired) electrons. The molecule has 1 aromatic rings. The van der Waals surface area contributed by atoms with E-state index in [1.54, 1.807) is 0 Å². The van der Waals surface area contributed by atoms with Crippen LogP contribution < -0.4 is 10.1 Å². The third-order valence-electron chi connectivity index (χ3n) is 2.33. The van der Waals surface area contributed by atoms with Crippen LogP contribution in [0.25, 0.3) is 0 Å². The smallest absolute Gasteiger partial charge is 0.120 e. The molecular weight excluding hydrogens is 254 g/mol. The summed E-state index contributed by atoms with van der Waals surface area (Å²) in [5, 5.41) is 3.32. The summed E-state index contributed by atoms with van der Waals surface area (Å²) in [6.07, 6.45) is 3.37. The van der Waals surface area contributed by atoms with Crippen LogP contribution in [0.4, 0.5) is 0 Å². The van der Waals surface area contributed by atoms with E-state index >= 15 is 0 Å². The Morgan fingerprint density at radius 1 is 1.40 bits per heavy atom. The van der Waals surface area contributed by atoms with Crippen LogP contribution in [-0.2, 0) is 0 Å². The Labute approximate surface area is 98.5 Å². The van der Waals surface area contributed by atoms with Crippen LogP contribution in [0, 0.1) is 0 Å². The lowest BCUT2D eigenvalue weighted by Crippen LogP contribution is -2.24. The van der Waals surface area contributed by atoms with Gasteiger partial charge in [0, 0.05) is 11.0 Å². The fourth-order valence-corrected chi connectivity index (χ4v) is 1.92. The van der Waals surface area contributed by atoms with Gasteiger partial charge in [-0.2, -0.15) is 0 Å². The van der Waals surface area contributed by atoms with Crippen LogP contribution in [0.5, 0.6) is 5.75 Å². The number of hydrogen-bond acceptors (Lipinski definition) is 2. The molecule has 1 heterocycles. The lowest BCUT2D eigenvalue weighted by Gasteiger charge is -2.15. The molecule has 3 heteroatoms. The molecule has 0 unspecified atom stereocenters. The molecule has 1 aliphatic heterocycles. The zero-order valence-corrected chi connectivity index (χ0v) is 10.1. The summed E-state index contributed by atoms with van der Waals surface area (Å²) in [5.41, 5.74) is 1.33. The highest BCUT2D eigenvalue weighted by molar-refractivity contribution is 9.10. The predicted octanol–water partition coefficient (Wildman–Crippen LogP) is 2.75. The van der Waals surface area contributed by atoms with Crippen molar-refractivity contribution in [1.82, 2.24) is 5.32 Å². The van der Waals surface area contributed by atoms with E-state index in [0.29, 0.717) is 6.61 Å². The van der Waals surface area contributed by atoms with Crippen molar-refractivity contribution in [1.29, 1.82) is 0 Å². The highest BCUT2D eigenvalue weighted by Gasteiger charge is 2.03. The molecule has 15 heavy (non-hydrogen) atoms. The third-order valence-corrected chi connectivity index (χ3v) is 2.82. The summed E-state index contributed by atoms with van der Waals surface area (Å²) in [6.45, 7) is 2.72. The Hall–Kier alpha value is -0.800. The van der Waals surface area contributed by atoms with E-state index in [0.717, 1.165) is 29.7 Å². The normalized spacial score (nSPS) is 15.9. The van der Waals surface area contributed by atoms with E-state index in [-0.39, 0.29) is 0 Å². The molecule has 0 saturated carbocycles. The first-order valence-electron chi connectivity index (χ1n) is 5.11. The second-order valence-electron chi connectivity index (χ2n) is 3.57. The van der Waals surface area contributed by atoms with Crippen molar-refractivity contribution in [2.75, 3.05) is 19.7 Å². The number of benzene rings is 1. The third kappa shape index (κ3) is 3.36. The molecular formula is C12H14BrNO. The average molecular weight is 268 g/mol. The highest BCUT2D eigenvalue weighted by Crippen LogP contribution is 2.18. The maximum atomic E-state index is 5.69. The van der Waals surface area contributed by atoms with Gasteiger partial charge in [-0.3, -0.25) is 0 Å². The van der Waals surface area contributed by atoms with E-state index in [4.69, 9.17) is 4.74 Å². The number of nitrogens with one attached hydrogen (secondary N) is 1. The molecule has 0 aliphatic carbocycles. The first kappa shape index (κ1) is 10.7. The van der Waals surface area contributed by atoms with Gasteiger partial charge in [0.25, 0.3) is 0 Å². The van der Waals surface area contributed by atoms with Crippen molar-refractivity contribution >= 4 is 15.9 Å². The molecule has 2 rings (SSSR count). The van der Waals surface area contributed by atoms with Gasteiger partial charge in [-0.1, -0.05) is 28.1 Å². The summed E-state index contributed by atoms with van der Waals surface area (Å²) in [4.78, 5) is 0. The summed E-state index contributed by atoms with van der Waals surface area (Å²) < 4.78 is 6.74. The Morgan fingerprint density at radius 2 is 2.33 bits per heavy atom. The minimum Gasteiger partial charge on any atom is -0.489 e. The van der Waals surface area contributed by atoms with Gasteiger partial charge >= 0.3 is 0 Å². The first-order chi connectivity index (χ1) is 7.34. The molecule has 0 amide bonds. The predicted molar refractivity (Wildman–Crippen MR) is 65.2 cm³/mol. The van der Waals surface area contributed by atoms with Crippen molar-refractivity contribution in [2.24, 2.45) is 0 Å². The molecule has 2 nitrogen and oxygen atoms in total. The second-order valence-corrected chi connectivity index (χ2v) is 4.49. The van der Waals surface area contributed by atoms with Crippen molar-refractivity contribution < 1.29 is 4.74 Å². The van der Waals surface area contributed by atoms with Crippen LogP contribution in [0.3, 0.4) is 0 Å². The van der Waals surface area contributed by atoms with E-state index < -0.39 is 0 Å². The quantitative estimate of drug-likeness (QED) is 0.851. The van der Waals surface area contributed by atoms with Crippen molar-refractivity contribution in [3.05, 3.63) is 40.4 Å². The Bertz CT molecular complexity index is 362. The van der Waals surface area contributed by atoms with Gasteiger partial charge in [-0.05, 0) is 36.7 Å². The van der Waals surface area contributed by atoms with Gasteiger partial charge in [0.2, 0.25) is 0 Å². The van der Waals surface area contributed by atoms with Crippen LogP contribution in [0.15, 0.2) is 40.4 Å². The topological polar surface area (TPSA) is 21.3 Å². The van der Waals surface area contributed by atoms with Gasteiger partial charge in [-0.15, -0.1) is 0 Å². The minimum atomic E-state index is 0.684. The molecule has 0 saturated heterocycles. The van der Waals surface area contributed by atoms with Crippen LogP contribution in [0.1, 0.15) is 6.42 Å². The Morgan fingerprint density at radius 3 is 3.07 bits per heavy atom. The largest absolute Gasteiger partial charge is 0.489 e. The Kier molecular flexibility index (Phi) is 3.80. The molecule has 0 atom stereocenters. The lowest BCUT2D eigenvalue weighted by molar-refractivity contribution is 0.345. The standard InChI is InChI=1S/C12H14BrNO/c13-11-4-1-5-12(7-11)15-9-10-3-2-6-14-8-10/h1,3-5,7,14H,2,6,8-9H2. The van der Waals surface area contributed by atoms with Crippen LogP contribution in [0.2, 0.25) is 0 Å². The Balaban J connectivity index is 1.90. The molecule has 0 spiro atoms. The van der Waals surface area contributed by atoms with E-state index in [2.05, 4.69) is 27.3 Å². The molecule has 1 N–H and O–H groups in total. The van der Waals surface area contributed by atoms with Gasteiger partial charge in [0.15, 0.2) is 0 Å². The van der Waals surface area contributed by atoms with Gasteiger partial charge in [0.1, 0.15) is 12.4 Å². The SMILES string of the molecule is Brc1cccc(OCC2=CCCNC2)c1. The van der Waals surface area contributed by atoms with Crippen molar-refractivity contribution in [3.8, 4) is 5.75 Å². The number of ether oxygens (including phenoxy) is 1. The summed E-state index contributed by atoms with van der Waals surface area (Å²) in [7, 11) is 0. The van der Waals surface area contributed by atoms with Crippen molar-refractivity contribution in [2.45, 2.75) is 6.42 Å². The maximum Gasteiger partial charge on any atom is 0.120 e. The van der Waals surface area contributed by atoms with E-state index in [1.807, 2.05) is 24.3 Å². The van der Waals surface area contributed by atoms with Crippen LogP contribution in [-0.4, -0.2) is 19.7 Å². The molecule has 1 aliphatic rings. The second kappa shape index (κ2) is 5.33. The fourth-order valence-electron chi connectivity index (χ4n) is 1.54. The number of rotatable bonds is 3. The summed E-state index contributed by atoms with van der Waals surface area (Å²) >= 11 is 3.42. The fraction of sp³-hybridized carbons (Fsp3) is 0.333. The first-order valence-corrected chi connectivity index (χ1v) is 5.91. The summed E-state index contributed by atoms with van der Waals surface area (Å²) in [5.74, 6) is 0.913. The van der Waals surface area contributed by atoms with Gasteiger partial charge < -0.3 is 10.1 Å². The summed E-state index contributed by atoms with van der Waals surface area (Å²) in [6, 6.07) is 7.93. The molecule has 0 aromatic heterocycles. The molecule has 1 aromatic carbocycles. The maximum absolute atomic E-state index is 5.69. The molecule has 0 fully saturated rings. The molecule has 80 valence electrons. The van der Waals surface area contributed by atoms with Gasteiger partial charge in [-0.25, -0.2) is 0 Å². The minimum absolute atomic E-state index is 0.684. The van der Waals surface area contributed by atoms with Crippen molar-refractivity contribution in [3.63, 3.8) is 0 Å². The molecule has 0 bridgehead atoms. The zero-order chi connectivity index (χ0) is 10.5. The average Bonchev–Trinajstić information content (AvgIpc) is 2.28. The van der Waals surface area contributed by atoms with E-state index in [9.17, 15) is 0 Å². The highest BCUT2D eigenvalue weighted by atomic mass is 79.9. The lowest BCUT2D eigenvalue weighted by atomic mass is 10.2. The van der Waals surface area contributed by atoms with E-state index in [1.165, 1.54) is 5.57 Å².